The van der Waals surface area contributed by atoms with Crippen molar-refractivity contribution in [1.29, 1.82) is 0 Å². The van der Waals surface area contributed by atoms with E-state index in [1.807, 2.05) is 30.3 Å². The molecule has 0 aliphatic heterocycles. The zero-order valence-electron chi connectivity index (χ0n) is 15.2. The Labute approximate surface area is 156 Å². The molecule has 0 N–H and O–H groups in total. The van der Waals surface area contributed by atoms with Crippen LogP contribution in [0, 0.1) is 0 Å². The summed E-state index contributed by atoms with van der Waals surface area (Å²) in [5.74, 6) is -0.0316. The maximum absolute atomic E-state index is 12.4. The van der Waals surface area contributed by atoms with E-state index in [9.17, 15) is 16.8 Å². The van der Waals surface area contributed by atoms with E-state index in [0.717, 1.165) is 15.4 Å². The summed E-state index contributed by atoms with van der Waals surface area (Å²) in [5.41, 5.74) is 1.70. The SMILES string of the molecule is CN(Cc1ccccc1)S(=O)(=O)CCc1ccc(S(=O)(=O)N(C)C)cc1. The Kier molecular flexibility index (Phi) is 6.57. The van der Waals surface area contributed by atoms with Crippen molar-refractivity contribution < 1.29 is 16.8 Å². The van der Waals surface area contributed by atoms with Gasteiger partial charge in [-0.3, -0.25) is 0 Å². The molecule has 8 heteroatoms. The fourth-order valence-electron chi connectivity index (χ4n) is 2.38. The van der Waals surface area contributed by atoms with Gasteiger partial charge in [-0.15, -0.1) is 0 Å². The lowest BCUT2D eigenvalue weighted by molar-refractivity contribution is 0.466. The highest BCUT2D eigenvalue weighted by Crippen LogP contribution is 2.15. The van der Waals surface area contributed by atoms with Gasteiger partial charge in [0.15, 0.2) is 0 Å². The summed E-state index contributed by atoms with van der Waals surface area (Å²) >= 11 is 0. The molecule has 2 aromatic carbocycles. The first-order valence-electron chi connectivity index (χ1n) is 8.12. The molecule has 0 amide bonds. The van der Waals surface area contributed by atoms with Gasteiger partial charge in [0, 0.05) is 27.7 Å². The quantitative estimate of drug-likeness (QED) is 0.683. The van der Waals surface area contributed by atoms with Crippen molar-refractivity contribution in [2.75, 3.05) is 26.9 Å². The number of benzene rings is 2. The average Bonchev–Trinajstić information content (AvgIpc) is 2.61. The molecule has 0 unspecified atom stereocenters. The van der Waals surface area contributed by atoms with Crippen LogP contribution in [-0.2, 0) is 33.0 Å². The van der Waals surface area contributed by atoms with Crippen molar-refractivity contribution in [2.45, 2.75) is 17.9 Å². The monoisotopic (exact) mass is 396 g/mol. The van der Waals surface area contributed by atoms with E-state index < -0.39 is 20.0 Å². The highest BCUT2D eigenvalue weighted by atomic mass is 32.2. The molecule has 0 fully saturated rings. The molecule has 0 saturated carbocycles. The van der Waals surface area contributed by atoms with Crippen LogP contribution in [-0.4, -0.2) is 52.3 Å². The summed E-state index contributed by atoms with van der Waals surface area (Å²) in [6.07, 6.45) is 0.323. The Hall–Kier alpha value is -1.74. The van der Waals surface area contributed by atoms with E-state index in [0.29, 0.717) is 13.0 Å². The van der Waals surface area contributed by atoms with Crippen LogP contribution >= 0.6 is 0 Å². The van der Waals surface area contributed by atoms with Gasteiger partial charge in [0.05, 0.1) is 10.6 Å². The first kappa shape index (κ1) is 20.6. The fourth-order valence-corrected chi connectivity index (χ4v) is 4.43. The Balaban J connectivity index is 2.01. The highest BCUT2D eigenvalue weighted by Gasteiger charge is 2.19. The molecule has 0 atom stereocenters. The van der Waals surface area contributed by atoms with Gasteiger partial charge in [0.25, 0.3) is 0 Å². The maximum Gasteiger partial charge on any atom is 0.242 e. The molecule has 142 valence electrons. The molecular formula is C18H24N2O4S2. The lowest BCUT2D eigenvalue weighted by Crippen LogP contribution is -2.29. The second-order valence-electron chi connectivity index (χ2n) is 6.24. The molecule has 0 aliphatic carbocycles. The van der Waals surface area contributed by atoms with Gasteiger partial charge in [0.1, 0.15) is 0 Å². The van der Waals surface area contributed by atoms with Crippen molar-refractivity contribution in [1.82, 2.24) is 8.61 Å². The largest absolute Gasteiger partial charge is 0.242 e. The van der Waals surface area contributed by atoms with Crippen LogP contribution in [0.15, 0.2) is 59.5 Å². The van der Waals surface area contributed by atoms with Gasteiger partial charge in [-0.1, -0.05) is 42.5 Å². The molecule has 0 radical (unpaired) electrons. The molecule has 0 heterocycles. The number of hydrogen-bond donors (Lipinski definition) is 0. The summed E-state index contributed by atoms with van der Waals surface area (Å²) in [4.78, 5) is 0.190. The van der Waals surface area contributed by atoms with E-state index in [1.165, 1.54) is 30.5 Å². The molecule has 2 rings (SSSR count). The van der Waals surface area contributed by atoms with Crippen LogP contribution in [0.3, 0.4) is 0 Å². The zero-order valence-corrected chi connectivity index (χ0v) is 16.8. The van der Waals surface area contributed by atoms with E-state index in [2.05, 4.69) is 0 Å². The fraction of sp³-hybridized carbons (Fsp3) is 0.333. The number of aryl methyl sites for hydroxylation is 1. The summed E-state index contributed by atoms with van der Waals surface area (Å²) in [7, 11) is -2.37. The van der Waals surface area contributed by atoms with Crippen LogP contribution in [0.2, 0.25) is 0 Å². The van der Waals surface area contributed by atoms with Crippen LogP contribution in [0.5, 0.6) is 0 Å². The Morgan fingerprint density at radius 3 is 1.88 bits per heavy atom. The Bertz CT molecular complexity index is 923. The molecule has 26 heavy (non-hydrogen) atoms. The first-order valence-corrected chi connectivity index (χ1v) is 11.2. The van der Waals surface area contributed by atoms with Gasteiger partial charge in [-0.2, -0.15) is 0 Å². The molecule has 0 bridgehead atoms. The minimum Gasteiger partial charge on any atom is -0.212 e. The molecule has 2 aromatic rings. The van der Waals surface area contributed by atoms with Crippen LogP contribution in [0.1, 0.15) is 11.1 Å². The summed E-state index contributed by atoms with van der Waals surface area (Å²) in [6, 6.07) is 15.7. The zero-order chi connectivity index (χ0) is 19.4. The highest BCUT2D eigenvalue weighted by molar-refractivity contribution is 7.89. The standard InChI is InChI=1S/C18H24N2O4S2/c1-19(2)26(23,24)18-11-9-16(10-12-18)13-14-25(21,22)20(3)15-17-7-5-4-6-8-17/h4-12H,13-15H2,1-3H3. The average molecular weight is 397 g/mol. The summed E-state index contributed by atoms with van der Waals surface area (Å²) < 4.78 is 51.5. The van der Waals surface area contributed by atoms with Crippen LogP contribution in [0.4, 0.5) is 0 Å². The van der Waals surface area contributed by atoms with Crippen molar-refractivity contribution in [3.63, 3.8) is 0 Å². The predicted octanol–water partition coefficient (Wildman–Crippen LogP) is 1.94. The molecule has 0 aliphatic rings. The Morgan fingerprint density at radius 1 is 0.769 bits per heavy atom. The van der Waals surface area contributed by atoms with Crippen molar-refractivity contribution in [2.24, 2.45) is 0 Å². The predicted molar refractivity (Wildman–Crippen MR) is 103 cm³/mol. The number of rotatable bonds is 8. The van der Waals surface area contributed by atoms with E-state index in [-0.39, 0.29) is 10.6 Å². The number of nitrogens with zero attached hydrogens (tertiary/aromatic N) is 2. The molecule has 0 aromatic heterocycles. The lowest BCUT2D eigenvalue weighted by Gasteiger charge is -2.17. The topological polar surface area (TPSA) is 74.8 Å². The summed E-state index contributed by atoms with van der Waals surface area (Å²) in [5, 5.41) is 0. The van der Waals surface area contributed by atoms with Crippen LogP contribution in [0.25, 0.3) is 0 Å². The number of hydrogen-bond acceptors (Lipinski definition) is 4. The first-order chi connectivity index (χ1) is 12.1. The second-order valence-corrected chi connectivity index (χ2v) is 10.6. The van der Waals surface area contributed by atoms with Gasteiger partial charge in [-0.05, 0) is 29.7 Å². The summed E-state index contributed by atoms with van der Waals surface area (Å²) in [6.45, 7) is 0.323. The Morgan fingerprint density at radius 2 is 1.35 bits per heavy atom. The minimum absolute atomic E-state index is 0.0316. The third kappa shape index (κ3) is 5.14. The van der Waals surface area contributed by atoms with Gasteiger partial charge >= 0.3 is 0 Å². The van der Waals surface area contributed by atoms with Crippen molar-refractivity contribution >= 4 is 20.0 Å². The van der Waals surface area contributed by atoms with E-state index in [1.54, 1.807) is 19.2 Å². The molecular weight excluding hydrogens is 372 g/mol. The van der Waals surface area contributed by atoms with Crippen LogP contribution < -0.4 is 0 Å². The third-order valence-corrected chi connectivity index (χ3v) is 7.70. The third-order valence-electron chi connectivity index (χ3n) is 4.07. The maximum atomic E-state index is 12.4. The van der Waals surface area contributed by atoms with Gasteiger partial charge < -0.3 is 0 Å². The second kappa shape index (κ2) is 8.30. The minimum atomic E-state index is -3.48. The smallest absolute Gasteiger partial charge is 0.212 e. The lowest BCUT2D eigenvalue weighted by atomic mass is 10.2. The van der Waals surface area contributed by atoms with Crippen molar-refractivity contribution in [3.05, 3.63) is 65.7 Å². The van der Waals surface area contributed by atoms with Gasteiger partial charge in [0.2, 0.25) is 20.0 Å². The number of sulfonamides is 2. The van der Waals surface area contributed by atoms with E-state index >= 15 is 0 Å². The van der Waals surface area contributed by atoms with E-state index in [4.69, 9.17) is 0 Å². The van der Waals surface area contributed by atoms with Crippen molar-refractivity contribution in [3.8, 4) is 0 Å². The molecule has 6 nitrogen and oxygen atoms in total. The normalized spacial score (nSPS) is 12.7. The molecule has 0 saturated heterocycles. The van der Waals surface area contributed by atoms with Gasteiger partial charge in [-0.25, -0.2) is 25.4 Å². The molecule has 0 spiro atoms.